The fraction of sp³-hybridized carbons (Fsp3) is 0.500. The Morgan fingerprint density at radius 2 is 1.82 bits per heavy atom. The molecule has 1 fully saturated rings. The third-order valence-electron chi connectivity index (χ3n) is 3.60. The predicted molar refractivity (Wildman–Crippen MR) is 69.7 cm³/mol. The van der Waals surface area contributed by atoms with Crippen molar-refractivity contribution >= 4 is 11.6 Å². The minimum Gasteiger partial charge on any atom is -0.399 e. The van der Waals surface area contributed by atoms with Gasteiger partial charge in [0.2, 0.25) is 5.91 Å². The Balaban J connectivity index is 2.50. The van der Waals surface area contributed by atoms with Crippen molar-refractivity contribution in [3.8, 4) is 0 Å². The van der Waals surface area contributed by atoms with Gasteiger partial charge in [0.1, 0.15) is 0 Å². The van der Waals surface area contributed by atoms with Crippen molar-refractivity contribution in [2.75, 3.05) is 5.73 Å². The van der Waals surface area contributed by atoms with Gasteiger partial charge in [-0.2, -0.15) is 0 Å². The van der Waals surface area contributed by atoms with Gasteiger partial charge in [-0.1, -0.05) is 26.8 Å². The molecule has 0 bridgehead atoms. The Bertz CT molecular complexity index is 468. The topological polar surface area (TPSA) is 69.1 Å². The molecule has 0 aromatic heterocycles. The first-order valence-electron chi connectivity index (χ1n) is 5.97. The van der Waals surface area contributed by atoms with Gasteiger partial charge < -0.3 is 11.5 Å². The van der Waals surface area contributed by atoms with Gasteiger partial charge in [0.15, 0.2) is 0 Å². The summed E-state index contributed by atoms with van der Waals surface area (Å²) in [7, 11) is 0. The number of rotatable bonds is 2. The molecule has 1 aromatic rings. The van der Waals surface area contributed by atoms with Gasteiger partial charge in [-0.3, -0.25) is 4.79 Å². The van der Waals surface area contributed by atoms with E-state index in [2.05, 4.69) is 26.8 Å². The summed E-state index contributed by atoms with van der Waals surface area (Å²) in [5, 5.41) is 0. The van der Waals surface area contributed by atoms with Crippen LogP contribution in [0.3, 0.4) is 0 Å². The molecule has 1 aliphatic carbocycles. The lowest BCUT2D eigenvalue weighted by Crippen LogP contribution is -2.29. The maximum absolute atomic E-state index is 11.5. The first-order chi connectivity index (χ1) is 7.75. The Morgan fingerprint density at radius 1 is 1.24 bits per heavy atom. The van der Waals surface area contributed by atoms with Crippen molar-refractivity contribution in [2.45, 2.75) is 44.4 Å². The molecule has 3 heteroatoms. The molecular weight excluding hydrogens is 212 g/mol. The molecule has 1 saturated carbocycles. The van der Waals surface area contributed by atoms with Gasteiger partial charge in [-0.15, -0.1) is 0 Å². The molecule has 4 N–H and O–H groups in total. The summed E-state index contributed by atoms with van der Waals surface area (Å²) in [6, 6.07) is 5.93. The zero-order valence-electron chi connectivity index (χ0n) is 10.7. The molecule has 0 aliphatic heterocycles. The maximum atomic E-state index is 11.5. The maximum Gasteiger partial charge on any atom is 0.228 e. The van der Waals surface area contributed by atoms with Crippen LogP contribution in [-0.4, -0.2) is 5.91 Å². The zero-order chi connectivity index (χ0) is 12.8. The molecule has 92 valence electrons. The van der Waals surface area contributed by atoms with Gasteiger partial charge in [0.05, 0.1) is 5.41 Å². The van der Waals surface area contributed by atoms with Crippen LogP contribution in [0.5, 0.6) is 0 Å². The largest absolute Gasteiger partial charge is 0.399 e. The molecule has 1 amide bonds. The lowest BCUT2D eigenvalue weighted by Gasteiger charge is -2.22. The first kappa shape index (κ1) is 12.0. The zero-order valence-corrected chi connectivity index (χ0v) is 10.7. The summed E-state index contributed by atoms with van der Waals surface area (Å²) in [4.78, 5) is 11.5. The highest BCUT2D eigenvalue weighted by Crippen LogP contribution is 2.49. The number of carbonyl (C=O) groups excluding carboxylic acids is 1. The van der Waals surface area contributed by atoms with E-state index in [0.29, 0.717) is 5.69 Å². The summed E-state index contributed by atoms with van der Waals surface area (Å²) in [6.07, 6.45) is 1.69. The molecule has 3 nitrogen and oxygen atoms in total. The molecule has 0 unspecified atom stereocenters. The van der Waals surface area contributed by atoms with E-state index in [1.807, 2.05) is 12.1 Å². The van der Waals surface area contributed by atoms with Crippen molar-refractivity contribution < 1.29 is 4.79 Å². The molecule has 0 atom stereocenters. The molecular formula is C14H20N2O. The van der Waals surface area contributed by atoms with Crippen LogP contribution in [0.1, 0.15) is 44.7 Å². The average molecular weight is 232 g/mol. The van der Waals surface area contributed by atoms with E-state index in [-0.39, 0.29) is 11.3 Å². The molecule has 0 spiro atoms. The van der Waals surface area contributed by atoms with E-state index in [4.69, 9.17) is 11.5 Å². The standard InChI is InChI=1S/C14H20N2O/c1-13(2,3)9-6-10(8-11(15)7-9)14(4-5-14)12(16)17/h6-8H,4-5,15H2,1-3H3,(H2,16,17). The number of carbonyl (C=O) groups is 1. The highest BCUT2D eigenvalue weighted by atomic mass is 16.1. The third-order valence-corrected chi connectivity index (χ3v) is 3.60. The second-order valence-corrected chi connectivity index (χ2v) is 6.04. The quantitative estimate of drug-likeness (QED) is 0.766. The number of amides is 1. The lowest BCUT2D eigenvalue weighted by molar-refractivity contribution is -0.120. The van der Waals surface area contributed by atoms with Crippen molar-refractivity contribution in [3.05, 3.63) is 29.3 Å². The third kappa shape index (κ3) is 2.02. The SMILES string of the molecule is CC(C)(C)c1cc(N)cc(C2(C(N)=O)CC2)c1. The second kappa shape index (κ2) is 3.49. The summed E-state index contributed by atoms with van der Waals surface area (Å²) in [5.74, 6) is -0.233. The van der Waals surface area contributed by atoms with Crippen LogP contribution < -0.4 is 11.5 Å². The number of benzene rings is 1. The summed E-state index contributed by atoms with van der Waals surface area (Å²) >= 11 is 0. The fourth-order valence-corrected chi connectivity index (χ4v) is 2.16. The van der Waals surface area contributed by atoms with Gasteiger partial charge in [-0.25, -0.2) is 0 Å². The van der Waals surface area contributed by atoms with Crippen molar-refractivity contribution in [1.29, 1.82) is 0 Å². The summed E-state index contributed by atoms with van der Waals surface area (Å²) in [5.41, 5.74) is 13.8. The number of anilines is 1. The molecule has 17 heavy (non-hydrogen) atoms. The first-order valence-corrected chi connectivity index (χ1v) is 5.97. The fourth-order valence-electron chi connectivity index (χ4n) is 2.16. The van der Waals surface area contributed by atoms with E-state index in [1.165, 1.54) is 0 Å². The van der Waals surface area contributed by atoms with Gasteiger partial charge in [-0.05, 0) is 41.5 Å². The Morgan fingerprint density at radius 3 is 2.24 bits per heavy atom. The number of hydrogen-bond donors (Lipinski definition) is 2. The van der Waals surface area contributed by atoms with E-state index < -0.39 is 5.41 Å². The molecule has 0 saturated heterocycles. The number of nitrogens with two attached hydrogens (primary N) is 2. The van der Waals surface area contributed by atoms with Crippen LogP contribution >= 0.6 is 0 Å². The molecule has 1 aliphatic rings. The van der Waals surface area contributed by atoms with E-state index in [1.54, 1.807) is 0 Å². The van der Waals surface area contributed by atoms with Gasteiger partial charge >= 0.3 is 0 Å². The normalized spacial score (nSPS) is 17.8. The Kier molecular flexibility index (Phi) is 2.45. The van der Waals surface area contributed by atoms with Crippen molar-refractivity contribution in [3.63, 3.8) is 0 Å². The lowest BCUT2D eigenvalue weighted by atomic mass is 9.83. The smallest absolute Gasteiger partial charge is 0.228 e. The molecule has 2 rings (SSSR count). The molecule has 0 heterocycles. The highest BCUT2D eigenvalue weighted by Gasteiger charge is 2.50. The number of primary amides is 1. The van der Waals surface area contributed by atoms with Crippen LogP contribution in [-0.2, 0) is 15.6 Å². The van der Waals surface area contributed by atoms with Crippen LogP contribution in [0.2, 0.25) is 0 Å². The summed E-state index contributed by atoms with van der Waals surface area (Å²) in [6.45, 7) is 6.40. The second-order valence-electron chi connectivity index (χ2n) is 6.04. The molecule has 0 radical (unpaired) electrons. The number of hydrogen-bond acceptors (Lipinski definition) is 2. The van der Waals surface area contributed by atoms with Crippen LogP contribution in [0, 0.1) is 0 Å². The minimum atomic E-state index is -0.449. The number of nitrogen functional groups attached to an aromatic ring is 1. The Hall–Kier alpha value is -1.51. The predicted octanol–water partition coefficient (Wildman–Crippen LogP) is 2.08. The van der Waals surface area contributed by atoms with Gasteiger partial charge in [0, 0.05) is 5.69 Å². The van der Waals surface area contributed by atoms with E-state index in [0.717, 1.165) is 24.0 Å². The van der Waals surface area contributed by atoms with Crippen LogP contribution in [0.25, 0.3) is 0 Å². The van der Waals surface area contributed by atoms with Crippen LogP contribution in [0.4, 0.5) is 5.69 Å². The molecule has 1 aromatic carbocycles. The Labute approximate surface area is 102 Å². The van der Waals surface area contributed by atoms with E-state index >= 15 is 0 Å². The van der Waals surface area contributed by atoms with E-state index in [9.17, 15) is 4.79 Å². The highest BCUT2D eigenvalue weighted by molar-refractivity contribution is 5.90. The minimum absolute atomic E-state index is 0.0257. The van der Waals surface area contributed by atoms with Gasteiger partial charge in [0.25, 0.3) is 0 Å². The summed E-state index contributed by atoms with van der Waals surface area (Å²) < 4.78 is 0. The average Bonchev–Trinajstić information content (AvgIpc) is 2.95. The van der Waals surface area contributed by atoms with Crippen LogP contribution in [0.15, 0.2) is 18.2 Å². The monoisotopic (exact) mass is 232 g/mol. The van der Waals surface area contributed by atoms with Crippen molar-refractivity contribution in [2.24, 2.45) is 5.73 Å². The van der Waals surface area contributed by atoms with Crippen molar-refractivity contribution in [1.82, 2.24) is 0 Å².